The average molecular weight is 284 g/mol. The van der Waals surface area contributed by atoms with E-state index < -0.39 is 9.84 Å². The first-order valence-corrected chi connectivity index (χ1v) is 8.29. The maximum Gasteiger partial charge on any atom is 0.153 e. The van der Waals surface area contributed by atoms with E-state index in [1.54, 1.807) is 0 Å². The molecule has 1 aromatic heterocycles. The summed E-state index contributed by atoms with van der Waals surface area (Å²) < 4.78 is 23.0. The zero-order valence-electron chi connectivity index (χ0n) is 11.6. The van der Waals surface area contributed by atoms with Crippen LogP contribution in [0, 0.1) is 13.8 Å². The summed E-state index contributed by atoms with van der Waals surface area (Å²) in [6.45, 7) is 7.64. The Morgan fingerprint density at radius 2 is 1.84 bits per heavy atom. The van der Waals surface area contributed by atoms with Gasteiger partial charge in [0.1, 0.15) is 17.5 Å². The normalized spacial score (nSPS) is 18.4. The number of nitrogens with zero attached hydrogens (tertiary/aromatic N) is 3. The van der Waals surface area contributed by atoms with Crippen molar-refractivity contribution in [1.82, 2.24) is 9.97 Å². The summed E-state index contributed by atoms with van der Waals surface area (Å²) in [7, 11) is -2.87. The lowest BCUT2D eigenvalue weighted by molar-refractivity contribution is 0.586. The molecule has 0 aromatic carbocycles. The van der Waals surface area contributed by atoms with Crippen molar-refractivity contribution in [3.8, 4) is 0 Å². The largest absolute Gasteiger partial charge is 0.370 e. The fraction of sp³-hybridized carbons (Fsp3) is 0.667. The van der Waals surface area contributed by atoms with Gasteiger partial charge in [-0.25, -0.2) is 18.4 Å². The molecule has 1 aliphatic heterocycles. The second-order valence-electron chi connectivity index (χ2n) is 4.74. The molecule has 0 saturated carbocycles. The molecule has 1 saturated heterocycles. The first-order chi connectivity index (χ1) is 8.93. The molecule has 7 heteroatoms. The number of anilines is 2. The van der Waals surface area contributed by atoms with Gasteiger partial charge in [0.25, 0.3) is 0 Å². The van der Waals surface area contributed by atoms with Gasteiger partial charge < -0.3 is 10.2 Å². The molecule has 0 spiro atoms. The minimum Gasteiger partial charge on any atom is -0.370 e. The molecule has 0 aliphatic carbocycles. The second kappa shape index (κ2) is 5.32. The molecule has 6 nitrogen and oxygen atoms in total. The maximum absolute atomic E-state index is 11.5. The predicted octanol–water partition coefficient (Wildman–Crippen LogP) is 0.760. The summed E-state index contributed by atoms with van der Waals surface area (Å²) in [6, 6.07) is 0. The number of nitrogens with one attached hydrogen (secondary N) is 1. The summed E-state index contributed by atoms with van der Waals surface area (Å²) in [5.41, 5.74) is 0.978. The Bertz CT molecular complexity index is 557. The number of sulfone groups is 1. The third-order valence-corrected chi connectivity index (χ3v) is 4.83. The van der Waals surface area contributed by atoms with Crippen molar-refractivity contribution >= 4 is 21.5 Å². The highest BCUT2D eigenvalue weighted by Crippen LogP contribution is 2.24. The third kappa shape index (κ3) is 3.15. The standard InChI is InChI=1S/C12H20N4O2S/c1-4-13-11-9(2)12(15-10(3)14-11)16-5-7-19(17,18)8-6-16/h4-8H2,1-3H3,(H,13,14,15). The van der Waals surface area contributed by atoms with E-state index in [0.29, 0.717) is 18.9 Å². The molecule has 0 bridgehead atoms. The van der Waals surface area contributed by atoms with E-state index in [0.717, 1.165) is 23.7 Å². The van der Waals surface area contributed by atoms with Gasteiger partial charge in [0.05, 0.1) is 11.5 Å². The van der Waals surface area contributed by atoms with Crippen LogP contribution in [0.1, 0.15) is 18.3 Å². The van der Waals surface area contributed by atoms with Crippen molar-refractivity contribution in [1.29, 1.82) is 0 Å². The predicted molar refractivity (Wildman–Crippen MR) is 76.5 cm³/mol. The smallest absolute Gasteiger partial charge is 0.153 e. The number of hydrogen-bond donors (Lipinski definition) is 1. The Morgan fingerprint density at radius 3 is 2.42 bits per heavy atom. The summed E-state index contributed by atoms with van der Waals surface area (Å²) in [5, 5.41) is 3.22. The molecule has 0 radical (unpaired) electrons. The van der Waals surface area contributed by atoms with Crippen LogP contribution in [0.3, 0.4) is 0 Å². The lowest BCUT2D eigenvalue weighted by Gasteiger charge is -2.29. The van der Waals surface area contributed by atoms with E-state index in [4.69, 9.17) is 0 Å². The van der Waals surface area contributed by atoms with Crippen LogP contribution in [-0.4, -0.2) is 49.5 Å². The Hall–Kier alpha value is -1.37. The van der Waals surface area contributed by atoms with E-state index in [-0.39, 0.29) is 11.5 Å². The Kier molecular flexibility index (Phi) is 3.93. The van der Waals surface area contributed by atoms with Gasteiger partial charge in [0.15, 0.2) is 9.84 Å². The molecule has 106 valence electrons. The summed E-state index contributed by atoms with van der Waals surface area (Å²) in [4.78, 5) is 10.9. The van der Waals surface area contributed by atoms with Crippen LogP contribution in [0.25, 0.3) is 0 Å². The highest BCUT2D eigenvalue weighted by atomic mass is 32.2. The quantitative estimate of drug-likeness (QED) is 0.883. The minimum absolute atomic E-state index is 0.200. The molecular formula is C12H20N4O2S. The molecule has 2 heterocycles. The van der Waals surface area contributed by atoms with Gasteiger partial charge in [-0.15, -0.1) is 0 Å². The van der Waals surface area contributed by atoms with Crippen LogP contribution in [0.15, 0.2) is 0 Å². The molecular weight excluding hydrogens is 264 g/mol. The molecule has 0 unspecified atom stereocenters. The Morgan fingerprint density at radius 1 is 1.21 bits per heavy atom. The van der Waals surface area contributed by atoms with Crippen LogP contribution in [0.4, 0.5) is 11.6 Å². The Balaban J connectivity index is 2.30. The van der Waals surface area contributed by atoms with Crippen molar-refractivity contribution in [2.75, 3.05) is 41.4 Å². The van der Waals surface area contributed by atoms with Crippen LogP contribution >= 0.6 is 0 Å². The lowest BCUT2D eigenvalue weighted by Crippen LogP contribution is -2.41. The van der Waals surface area contributed by atoms with Crippen LogP contribution in [0.2, 0.25) is 0 Å². The van der Waals surface area contributed by atoms with E-state index in [1.807, 2.05) is 25.7 Å². The molecule has 1 N–H and O–H groups in total. The molecule has 1 aromatic rings. The number of aromatic nitrogens is 2. The summed E-state index contributed by atoms with van der Waals surface area (Å²) in [6.07, 6.45) is 0. The van der Waals surface area contributed by atoms with Gasteiger partial charge >= 0.3 is 0 Å². The molecule has 1 aliphatic rings. The molecule has 19 heavy (non-hydrogen) atoms. The van der Waals surface area contributed by atoms with E-state index in [9.17, 15) is 8.42 Å². The second-order valence-corrected chi connectivity index (χ2v) is 7.04. The van der Waals surface area contributed by atoms with E-state index >= 15 is 0 Å². The van der Waals surface area contributed by atoms with Gasteiger partial charge in [-0.1, -0.05) is 0 Å². The highest BCUT2D eigenvalue weighted by Gasteiger charge is 2.24. The third-order valence-electron chi connectivity index (χ3n) is 3.22. The van der Waals surface area contributed by atoms with Crippen molar-refractivity contribution in [2.24, 2.45) is 0 Å². The first-order valence-electron chi connectivity index (χ1n) is 6.47. The van der Waals surface area contributed by atoms with Gasteiger partial charge in [-0.2, -0.15) is 0 Å². The number of hydrogen-bond acceptors (Lipinski definition) is 6. The zero-order chi connectivity index (χ0) is 14.0. The average Bonchev–Trinajstić information content (AvgIpc) is 2.34. The van der Waals surface area contributed by atoms with Gasteiger partial charge in [-0.05, 0) is 20.8 Å². The van der Waals surface area contributed by atoms with Gasteiger partial charge in [0.2, 0.25) is 0 Å². The first kappa shape index (κ1) is 14.0. The fourth-order valence-corrected chi connectivity index (χ4v) is 3.39. The van der Waals surface area contributed by atoms with Gasteiger partial charge in [-0.3, -0.25) is 0 Å². The van der Waals surface area contributed by atoms with Gasteiger partial charge in [0, 0.05) is 25.2 Å². The highest BCUT2D eigenvalue weighted by molar-refractivity contribution is 7.91. The van der Waals surface area contributed by atoms with Crippen molar-refractivity contribution in [2.45, 2.75) is 20.8 Å². The monoisotopic (exact) mass is 284 g/mol. The van der Waals surface area contributed by atoms with Crippen LogP contribution in [-0.2, 0) is 9.84 Å². The molecule has 2 rings (SSSR count). The fourth-order valence-electron chi connectivity index (χ4n) is 2.19. The van der Waals surface area contributed by atoms with Crippen molar-refractivity contribution < 1.29 is 8.42 Å². The van der Waals surface area contributed by atoms with Crippen molar-refractivity contribution in [3.05, 3.63) is 11.4 Å². The van der Waals surface area contributed by atoms with Crippen LogP contribution < -0.4 is 10.2 Å². The molecule has 0 amide bonds. The minimum atomic E-state index is -2.87. The van der Waals surface area contributed by atoms with E-state index in [2.05, 4.69) is 15.3 Å². The zero-order valence-corrected chi connectivity index (χ0v) is 12.4. The summed E-state index contributed by atoms with van der Waals surface area (Å²) >= 11 is 0. The SMILES string of the molecule is CCNc1nc(C)nc(N2CCS(=O)(=O)CC2)c1C. The lowest BCUT2D eigenvalue weighted by atomic mass is 10.2. The maximum atomic E-state index is 11.5. The number of rotatable bonds is 3. The topological polar surface area (TPSA) is 75.2 Å². The van der Waals surface area contributed by atoms with E-state index in [1.165, 1.54) is 0 Å². The molecule has 1 fully saturated rings. The Labute approximate surface area is 114 Å². The summed E-state index contributed by atoms with van der Waals surface area (Å²) in [5.74, 6) is 2.78. The van der Waals surface area contributed by atoms with Crippen molar-refractivity contribution in [3.63, 3.8) is 0 Å². The number of aryl methyl sites for hydroxylation is 1. The van der Waals surface area contributed by atoms with Crippen LogP contribution in [0.5, 0.6) is 0 Å². The molecule has 0 atom stereocenters.